The van der Waals surface area contributed by atoms with Gasteiger partial charge in [0.25, 0.3) is 0 Å². The Labute approximate surface area is 334 Å². The van der Waals surface area contributed by atoms with Crippen LogP contribution in [-0.2, 0) is 19.1 Å². The zero-order valence-electron chi connectivity index (χ0n) is 35.5. The molecule has 312 valence electrons. The van der Waals surface area contributed by atoms with Crippen LogP contribution in [-0.4, -0.2) is 36.4 Å². The molecule has 0 heterocycles. The number of esters is 2. The van der Waals surface area contributed by atoms with Crippen molar-refractivity contribution in [1.29, 1.82) is 0 Å². The zero-order chi connectivity index (χ0) is 39.3. The molecule has 0 saturated carbocycles. The molecule has 1 atom stereocenters. The number of aliphatic hydroxyl groups is 1. The molecule has 0 aliphatic heterocycles. The van der Waals surface area contributed by atoms with Gasteiger partial charge in [-0.1, -0.05) is 216 Å². The van der Waals surface area contributed by atoms with E-state index in [-0.39, 0.29) is 25.6 Å². The number of allylic oxidation sites excluding steroid dienone is 10. The van der Waals surface area contributed by atoms with Crippen molar-refractivity contribution in [3.8, 4) is 0 Å². The van der Waals surface area contributed by atoms with Gasteiger partial charge in [0, 0.05) is 12.8 Å². The fourth-order valence-corrected chi connectivity index (χ4v) is 6.36. The van der Waals surface area contributed by atoms with Crippen molar-refractivity contribution in [1.82, 2.24) is 0 Å². The van der Waals surface area contributed by atoms with E-state index in [1.54, 1.807) is 0 Å². The Morgan fingerprint density at radius 1 is 0.426 bits per heavy atom. The Hall–Kier alpha value is -2.40. The highest BCUT2D eigenvalue weighted by Crippen LogP contribution is 2.15. The lowest BCUT2D eigenvalue weighted by molar-refractivity contribution is -0.161. The standard InChI is InChI=1S/C49H86O5/c1-3-5-7-9-11-13-15-17-19-21-23-24-26-27-29-31-33-35-37-39-41-43-48(51)53-46-47(45-50)54-49(52)44-42-40-38-36-34-32-30-28-25-22-20-18-16-14-12-10-8-6-4-2/h12,14,18,20,25,28,32,34,38,40,47,50H,3-11,13,15-17,19,21-24,26-27,29-31,33,35-37,39,41-46H2,1-2H3/t47-/m0/s1. The van der Waals surface area contributed by atoms with E-state index in [4.69, 9.17) is 9.47 Å². The normalized spacial score (nSPS) is 12.7. The number of rotatable bonds is 41. The van der Waals surface area contributed by atoms with Gasteiger partial charge in [0.05, 0.1) is 6.61 Å². The maximum Gasteiger partial charge on any atom is 0.306 e. The third-order valence-electron chi connectivity index (χ3n) is 9.83. The summed E-state index contributed by atoms with van der Waals surface area (Å²) in [5.74, 6) is -0.682. The molecule has 54 heavy (non-hydrogen) atoms. The van der Waals surface area contributed by atoms with Crippen LogP contribution in [0.2, 0.25) is 0 Å². The molecule has 5 heteroatoms. The Balaban J connectivity index is 3.61. The molecule has 0 radical (unpaired) electrons. The summed E-state index contributed by atoms with van der Waals surface area (Å²) >= 11 is 0. The molecular formula is C49H86O5. The van der Waals surface area contributed by atoms with Crippen molar-refractivity contribution in [2.45, 2.75) is 225 Å². The molecule has 0 rings (SSSR count). The van der Waals surface area contributed by atoms with Crippen LogP contribution >= 0.6 is 0 Å². The summed E-state index contributed by atoms with van der Waals surface area (Å²) in [6.07, 6.45) is 58.8. The van der Waals surface area contributed by atoms with Gasteiger partial charge >= 0.3 is 11.9 Å². The predicted molar refractivity (Wildman–Crippen MR) is 233 cm³/mol. The SMILES string of the molecule is CCCCCC=CCC=CCC=CCC=CCC=CCCC(=O)O[C@@H](CO)COC(=O)CCCCCCCCCCCCCCCCCCCCCCC. The summed E-state index contributed by atoms with van der Waals surface area (Å²) in [4.78, 5) is 24.3. The van der Waals surface area contributed by atoms with Crippen molar-refractivity contribution in [2.75, 3.05) is 13.2 Å². The number of ether oxygens (including phenoxy) is 2. The molecule has 0 aromatic heterocycles. The Kier molecular flexibility index (Phi) is 43.0. The molecule has 0 fully saturated rings. The number of carbonyl (C=O) groups excluding carboxylic acids is 2. The minimum atomic E-state index is -0.811. The summed E-state index contributed by atoms with van der Waals surface area (Å²) in [6.45, 7) is 4.06. The molecule has 0 bridgehead atoms. The topological polar surface area (TPSA) is 72.8 Å². The van der Waals surface area contributed by atoms with E-state index < -0.39 is 12.1 Å². The average molecular weight is 755 g/mol. The molecule has 0 saturated heterocycles. The number of unbranched alkanes of at least 4 members (excludes halogenated alkanes) is 23. The smallest absolute Gasteiger partial charge is 0.306 e. The van der Waals surface area contributed by atoms with Gasteiger partial charge in [0.2, 0.25) is 0 Å². The van der Waals surface area contributed by atoms with E-state index in [9.17, 15) is 14.7 Å². The molecule has 0 aromatic rings. The second-order valence-electron chi connectivity index (χ2n) is 15.1. The molecule has 0 aromatic carbocycles. The van der Waals surface area contributed by atoms with Crippen LogP contribution in [0.15, 0.2) is 60.8 Å². The lowest BCUT2D eigenvalue weighted by atomic mass is 10.0. The molecule has 0 aliphatic carbocycles. The van der Waals surface area contributed by atoms with Crippen LogP contribution in [0, 0.1) is 0 Å². The minimum absolute atomic E-state index is 0.0950. The number of hydrogen-bond acceptors (Lipinski definition) is 5. The highest BCUT2D eigenvalue weighted by molar-refractivity contribution is 5.70. The lowest BCUT2D eigenvalue weighted by Gasteiger charge is -2.15. The Bertz CT molecular complexity index is 946. The lowest BCUT2D eigenvalue weighted by Crippen LogP contribution is -2.28. The van der Waals surface area contributed by atoms with Gasteiger partial charge in [0.1, 0.15) is 6.61 Å². The van der Waals surface area contributed by atoms with Gasteiger partial charge in [-0.3, -0.25) is 9.59 Å². The van der Waals surface area contributed by atoms with Gasteiger partial charge in [-0.2, -0.15) is 0 Å². The van der Waals surface area contributed by atoms with E-state index in [1.165, 1.54) is 141 Å². The van der Waals surface area contributed by atoms with Crippen molar-refractivity contribution >= 4 is 11.9 Å². The van der Waals surface area contributed by atoms with Crippen molar-refractivity contribution in [3.05, 3.63) is 60.8 Å². The highest BCUT2D eigenvalue weighted by Gasteiger charge is 2.15. The minimum Gasteiger partial charge on any atom is -0.462 e. The van der Waals surface area contributed by atoms with Crippen LogP contribution in [0.5, 0.6) is 0 Å². The third kappa shape index (κ3) is 42.3. The molecule has 0 aliphatic rings. The van der Waals surface area contributed by atoms with Gasteiger partial charge in [-0.15, -0.1) is 0 Å². The molecular weight excluding hydrogens is 669 g/mol. The Morgan fingerprint density at radius 3 is 1.19 bits per heavy atom. The largest absolute Gasteiger partial charge is 0.462 e. The average Bonchev–Trinajstić information content (AvgIpc) is 3.17. The van der Waals surface area contributed by atoms with Crippen LogP contribution in [0.3, 0.4) is 0 Å². The summed E-state index contributed by atoms with van der Waals surface area (Å²) in [5, 5.41) is 9.58. The van der Waals surface area contributed by atoms with E-state index in [2.05, 4.69) is 62.5 Å². The summed E-state index contributed by atoms with van der Waals surface area (Å²) in [6, 6.07) is 0. The van der Waals surface area contributed by atoms with Crippen molar-refractivity contribution in [3.63, 3.8) is 0 Å². The third-order valence-corrected chi connectivity index (χ3v) is 9.83. The van der Waals surface area contributed by atoms with Crippen LogP contribution in [0.4, 0.5) is 0 Å². The van der Waals surface area contributed by atoms with E-state index in [1.807, 2.05) is 12.2 Å². The molecule has 0 amide bonds. The quantitative estimate of drug-likeness (QED) is 0.0382. The number of carbonyl (C=O) groups is 2. The van der Waals surface area contributed by atoms with E-state index in [0.29, 0.717) is 12.8 Å². The van der Waals surface area contributed by atoms with Crippen LogP contribution in [0.25, 0.3) is 0 Å². The van der Waals surface area contributed by atoms with Gasteiger partial charge < -0.3 is 14.6 Å². The van der Waals surface area contributed by atoms with E-state index in [0.717, 1.165) is 44.9 Å². The monoisotopic (exact) mass is 755 g/mol. The Morgan fingerprint density at radius 2 is 0.778 bits per heavy atom. The van der Waals surface area contributed by atoms with E-state index >= 15 is 0 Å². The second kappa shape index (κ2) is 45.0. The second-order valence-corrected chi connectivity index (χ2v) is 15.1. The van der Waals surface area contributed by atoms with Crippen molar-refractivity contribution < 1.29 is 24.2 Å². The maximum atomic E-state index is 12.2. The highest BCUT2D eigenvalue weighted by atomic mass is 16.6. The number of aliphatic hydroxyl groups excluding tert-OH is 1. The summed E-state index contributed by atoms with van der Waals surface area (Å²) < 4.78 is 10.6. The molecule has 1 N–H and O–H groups in total. The fourth-order valence-electron chi connectivity index (χ4n) is 6.36. The van der Waals surface area contributed by atoms with Gasteiger partial charge in [0.15, 0.2) is 6.10 Å². The van der Waals surface area contributed by atoms with Gasteiger partial charge in [-0.05, 0) is 51.4 Å². The first-order chi connectivity index (χ1) is 26.6. The van der Waals surface area contributed by atoms with Crippen LogP contribution in [0.1, 0.15) is 219 Å². The maximum absolute atomic E-state index is 12.2. The summed E-state index contributed by atoms with van der Waals surface area (Å²) in [7, 11) is 0. The van der Waals surface area contributed by atoms with Gasteiger partial charge in [-0.25, -0.2) is 0 Å². The fraction of sp³-hybridized carbons (Fsp3) is 0.755. The first kappa shape index (κ1) is 51.6. The van der Waals surface area contributed by atoms with Crippen molar-refractivity contribution in [2.24, 2.45) is 0 Å². The summed E-state index contributed by atoms with van der Waals surface area (Å²) in [5.41, 5.74) is 0. The predicted octanol–water partition coefficient (Wildman–Crippen LogP) is 14.7. The molecule has 0 unspecified atom stereocenters. The zero-order valence-corrected chi connectivity index (χ0v) is 35.5. The number of hydrogen-bond donors (Lipinski definition) is 1. The van der Waals surface area contributed by atoms with Crippen LogP contribution < -0.4 is 0 Å². The molecule has 5 nitrogen and oxygen atoms in total. The first-order valence-corrected chi connectivity index (χ1v) is 22.8. The first-order valence-electron chi connectivity index (χ1n) is 22.8. The molecule has 0 spiro atoms.